The van der Waals surface area contributed by atoms with Crippen molar-refractivity contribution in [1.82, 2.24) is 9.80 Å². The van der Waals surface area contributed by atoms with Crippen LogP contribution in [0.1, 0.15) is 54.5 Å². The minimum Gasteiger partial charge on any atom is -0.507 e. The van der Waals surface area contributed by atoms with Crippen molar-refractivity contribution in [3.05, 3.63) is 82.9 Å². The Kier molecular flexibility index (Phi) is 8.52. The van der Waals surface area contributed by atoms with Gasteiger partial charge in [-0.15, -0.1) is 0 Å². The Morgan fingerprint density at radius 2 is 1.86 bits per heavy atom. The van der Waals surface area contributed by atoms with E-state index in [2.05, 4.69) is 20.4 Å². The van der Waals surface area contributed by atoms with Gasteiger partial charge in [0, 0.05) is 12.1 Å². The fourth-order valence-electron chi connectivity index (χ4n) is 4.37. The molecule has 1 atom stereocenters. The van der Waals surface area contributed by atoms with E-state index in [1.165, 1.54) is 5.56 Å². The fraction of sp³-hybridized carbons (Fsp3) is 0.379. The normalized spacial score (nSPS) is 17.5. The van der Waals surface area contributed by atoms with Crippen LogP contribution in [0.15, 0.2) is 60.7 Å². The molecule has 1 aliphatic rings. The molecular weight excluding hydrogens is 440 g/mol. The van der Waals surface area contributed by atoms with Crippen molar-refractivity contribution >= 4 is 17.4 Å². The second-order valence-corrected chi connectivity index (χ2v) is 9.55. The van der Waals surface area contributed by atoms with Gasteiger partial charge in [-0.3, -0.25) is 9.59 Å². The van der Waals surface area contributed by atoms with Gasteiger partial charge in [0.1, 0.15) is 18.1 Å². The lowest BCUT2D eigenvalue weighted by molar-refractivity contribution is -0.139. The summed E-state index contributed by atoms with van der Waals surface area (Å²) in [6.45, 7) is 11.3. The van der Waals surface area contributed by atoms with Gasteiger partial charge in [-0.25, -0.2) is 0 Å². The first-order chi connectivity index (χ1) is 16.6. The minimum absolute atomic E-state index is 0.125. The lowest BCUT2D eigenvalue weighted by Gasteiger charge is -2.26. The van der Waals surface area contributed by atoms with Gasteiger partial charge in [0.2, 0.25) is 0 Å². The van der Waals surface area contributed by atoms with Crippen molar-refractivity contribution in [3.8, 4) is 5.75 Å². The van der Waals surface area contributed by atoms with E-state index in [1.807, 2.05) is 50.2 Å². The third-order valence-electron chi connectivity index (χ3n) is 6.28. The number of ketones is 1. The number of likely N-dealkylation sites (tertiary alicyclic amines) is 1. The third-order valence-corrected chi connectivity index (χ3v) is 6.28. The molecule has 0 aromatic heterocycles. The van der Waals surface area contributed by atoms with Crippen LogP contribution in [-0.2, 0) is 9.59 Å². The monoisotopic (exact) mass is 476 g/mol. The summed E-state index contributed by atoms with van der Waals surface area (Å²) in [5, 5.41) is 11.4. The molecule has 0 saturated carbocycles. The van der Waals surface area contributed by atoms with Gasteiger partial charge in [0.25, 0.3) is 11.7 Å². The molecule has 0 radical (unpaired) electrons. The summed E-state index contributed by atoms with van der Waals surface area (Å²) >= 11 is 0. The molecule has 1 aliphatic heterocycles. The highest BCUT2D eigenvalue weighted by atomic mass is 16.5. The van der Waals surface area contributed by atoms with Crippen LogP contribution >= 0.6 is 0 Å². The minimum atomic E-state index is -0.656. The molecule has 0 bridgehead atoms. The molecule has 1 amide bonds. The summed E-state index contributed by atoms with van der Waals surface area (Å²) in [6.07, 6.45) is 2.38. The number of aliphatic hydroxyl groups excluding tert-OH is 1. The smallest absolute Gasteiger partial charge is 0.295 e. The van der Waals surface area contributed by atoms with Crippen LogP contribution in [0, 0.1) is 6.92 Å². The number of aliphatic hydroxyl groups is 1. The van der Waals surface area contributed by atoms with Crippen LogP contribution in [0.4, 0.5) is 0 Å². The quantitative estimate of drug-likeness (QED) is 0.225. The van der Waals surface area contributed by atoms with E-state index in [0.717, 1.165) is 24.1 Å². The summed E-state index contributed by atoms with van der Waals surface area (Å²) < 4.78 is 5.59. The third kappa shape index (κ3) is 5.82. The molecule has 1 fully saturated rings. The van der Waals surface area contributed by atoms with Crippen LogP contribution in [0.2, 0.25) is 0 Å². The summed E-state index contributed by atoms with van der Waals surface area (Å²) in [7, 11) is 3.95. The summed E-state index contributed by atoms with van der Waals surface area (Å²) in [4.78, 5) is 30.0. The topological polar surface area (TPSA) is 70.1 Å². The van der Waals surface area contributed by atoms with Crippen LogP contribution < -0.4 is 4.74 Å². The molecule has 1 N–H and O–H groups in total. The molecule has 2 aromatic rings. The highest BCUT2D eigenvalue weighted by Gasteiger charge is 2.45. The second kappa shape index (κ2) is 11.4. The molecule has 1 saturated heterocycles. The van der Waals surface area contributed by atoms with Gasteiger partial charge in [0.15, 0.2) is 0 Å². The first-order valence-corrected chi connectivity index (χ1v) is 12.0. The molecular formula is C29H36N2O4. The van der Waals surface area contributed by atoms with Gasteiger partial charge in [-0.05, 0) is 74.8 Å². The van der Waals surface area contributed by atoms with Crippen LogP contribution in [0.25, 0.3) is 5.76 Å². The number of Topliss-reactive ketones (excluding diaryl/α,β-unsaturated/α-hetero) is 1. The average Bonchev–Trinajstić information content (AvgIpc) is 3.07. The van der Waals surface area contributed by atoms with E-state index in [9.17, 15) is 14.7 Å². The lowest BCUT2D eigenvalue weighted by Crippen LogP contribution is -2.32. The first kappa shape index (κ1) is 26.2. The maximum Gasteiger partial charge on any atom is 0.295 e. The van der Waals surface area contributed by atoms with Crippen molar-refractivity contribution in [1.29, 1.82) is 0 Å². The summed E-state index contributed by atoms with van der Waals surface area (Å²) in [5.74, 6) is -0.392. The maximum atomic E-state index is 13.3. The number of carbonyl (C=O) groups excluding carboxylic acids is 2. The number of aryl methyl sites for hydroxylation is 1. The number of nitrogens with zero attached hydrogens (tertiary/aromatic N) is 2. The van der Waals surface area contributed by atoms with Crippen LogP contribution in [0.5, 0.6) is 5.75 Å². The molecule has 6 heteroatoms. The van der Waals surface area contributed by atoms with Crippen LogP contribution in [-0.4, -0.2) is 60.4 Å². The molecule has 186 valence electrons. The Hall–Kier alpha value is -3.38. The van der Waals surface area contributed by atoms with Gasteiger partial charge in [-0.1, -0.05) is 50.8 Å². The zero-order chi connectivity index (χ0) is 25.7. The standard InChI is InChI=1S/C29H36N2O4/c1-7-17-35-23-13-14-24(20(4)18-23)27(32)25-26(22-11-9-21(10-12-22)19(2)3)31(29(34)28(25)33)16-8-15-30(5)6/h7,9-14,18-19,26,32H,1,8,15-17H2,2-6H3/t26-/m0/s1. The van der Waals surface area contributed by atoms with E-state index in [4.69, 9.17) is 4.74 Å². The highest BCUT2D eigenvalue weighted by molar-refractivity contribution is 6.46. The van der Waals surface area contributed by atoms with E-state index < -0.39 is 17.7 Å². The summed E-state index contributed by atoms with van der Waals surface area (Å²) in [5.41, 5.74) is 3.36. The zero-order valence-electron chi connectivity index (χ0n) is 21.4. The molecule has 0 spiro atoms. The van der Waals surface area contributed by atoms with E-state index in [1.54, 1.807) is 29.2 Å². The Labute approximate surface area is 208 Å². The number of hydrogen-bond acceptors (Lipinski definition) is 5. The summed E-state index contributed by atoms with van der Waals surface area (Å²) in [6, 6.07) is 12.6. The van der Waals surface area contributed by atoms with E-state index >= 15 is 0 Å². The second-order valence-electron chi connectivity index (χ2n) is 9.55. The van der Waals surface area contributed by atoms with Gasteiger partial charge in [0.05, 0.1) is 11.6 Å². The highest BCUT2D eigenvalue weighted by Crippen LogP contribution is 2.40. The van der Waals surface area contributed by atoms with Gasteiger partial charge in [-0.2, -0.15) is 0 Å². The molecule has 6 nitrogen and oxygen atoms in total. The maximum absolute atomic E-state index is 13.3. The Morgan fingerprint density at radius 1 is 1.17 bits per heavy atom. The largest absolute Gasteiger partial charge is 0.507 e. The van der Waals surface area contributed by atoms with E-state index in [-0.39, 0.29) is 11.3 Å². The van der Waals surface area contributed by atoms with Crippen LogP contribution in [0.3, 0.4) is 0 Å². The van der Waals surface area contributed by atoms with E-state index in [0.29, 0.717) is 30.4 Å². The molecule has 35 heavy (non-hydrogen) atoms. The van der Waals surface area contributed by atoms with Gasteiger partial charge >= 0.3 is 0 Å². The fourth-order valence-corrected chi connectivity index (χ4v) is 4.37. The van der Waals surface area contributed by atoms with Crippen molar-refractivity contribution in [2.45, 2.75) is 39.2 Å². The molecule has 3 rings (SSSR count). The average molecular weight is 477 g/mol. The van der Waals surface area contributed by atoms with Crippen molar-refractivity contribution in [3.63, 3.8) is 0 Å². The number of carbonyl (C=O) groups is 2. The Morgan fingerprint density at radius 3 is 2.43 bits per heavy atom. The Bertz CT molecular complexity index is 1120. The van der Waals surface area contributed by atoms with Gasteiger partial charge < -0.3 is 19.6 Å². The number of amides is 1. The lowest BCUT2D eigenvalue weighted by atomic mass is 9.92. The first-order valence-electron chi connectivity index (χ1n) is 12.0. The molecule has 2 aromatic carbocycles. The molecule has 0 unspecified atom stereocenters. The SMILES string of the molecule is C=CCOc1ccc(C(O)=C2C(=O)C(=O)N(CCCN(C)C)[C@H]2c2ccc(C(C)C)cc2)c(C)c1. The predicted octanol–water partition coefficient (Wildman–Crippen LogP) is 5.06. The number of hydrogen-bond donors (Lipinski definition) is 1. The zero-order valence-corrected chi connectivity index (χ0v) is 21.4. The van der Waals surface area contributed by atoms with Crippen molar-refractivity contribution in [2.75, 3.05) is 33.8 Å². The molecule has 1 heterocycles. The number of rotatable bonds is 10. The number of ether oxygens (including phenoxy) is 1. The molecule has 0 aliphatic carbocycles. The van der Waals surface area contributed by atoms with Crippen molar-refractivity contribution in [2.24, 2.45) is 0 Å². The van der Waals surface area contributed by atoms with Crippen molar-refractivity contribution < 1.29 is 19.4 Å². The predicted molar refractivity (Wildman–Crippen MR) is 140 cm³/mol. The number of benzene rings is 2. The Balaban J connectivity index is 2.08.